The van der Waals surface area contributed by atoms with Gasteiger partial charge in [0.1, 0.15) is 0 Å². The molecule has 0 aliphatic carbocycles. The molecule has 0 N–H and O–H groups in total. The number of carbonyl (C=O) groups is 2. The van der Waals surface area contributed by atoms with E-state index in [2.05, 4.69) is 13.8 Å². The van der Waals surface area contributed by atoms with Crippen molar-refractivity contribution in [2.75, 3.05) is 17.7 Å². The Hall–Kier alpha value is -1.29. The number of nitrogens with zero attached hydrogens (tertiary/aromatic N) is 1. The van der Waals surface area contributed by atoms with E-state index in [1.807, 2.05) is 12.1 Å². The number of benzene rings is 1. The fraction of sp³-hybridized carbons (Fsp3) is 0.385. The van der Waals surface area contributed by atoms with Crippen LogP contribution in [0.5, 0.6) is 0 Å². The average Bonchev–Trinajstić information content (AvgIpc) is 2.52. The summed E-state index contributed by atoms with van der Waals surface area (Å²) in [4.78, 5) is 25.6. The Morgan fingerprint density at radius 3 is 2.65 bits per heavy atom. The van der Waals surface area contributed by atoms with Crippen molar-refractivity contribution < 1.29 is 9.59 Å². The van der Waals surface area contributed by atoms with E-state index in [-0.39, 0.29) is 0 Å². The summed E-state index contributed by atoms with van der Waals surface area (Å²) in [5.41, 5.74) is 1.25. The van der Waals surface area contributed by atoms with Gasteiger partial charge in [-0.15, -0.1) is 11.8 Å². The molecule has 0 spiro atoms. The molecule has 1 amide bonds. The summed E-state index contributed by atoms with van der Waals surface area (Å²) < 4.78 is 0. The fourth-order valence-electron chi connectivity index (χ4n) is 1.71. The maximum Gasteiger partial charge on any atom is 0.299 e. The highest BCUT2D eigenvalue weighted by molar-refractivity contribution is 7.99. The number of Topliss-reactive ketones (excluding diaryl/α,β-unsaturated/α-hetero) is 1. The first-order valence-corrected chi connectivity index (χ1v) is 6.58. The van der Waals surface area contributed by atoms with Crippen molar-refractivity contribution in [3.8, 4) is 0 Å². The molecule has 0 radical (unpaired) electrons. The molecule has 90 valence electrons. The Balaban J connectivity index is 2.27. The Bertz CT molecular complexity index is 482. The maximum atomic E-state index is 11.6. The molecule has 0 aromatic heterocycles. The number of anilines is 1. The lowest BCUT2D eigenvalue weighted by atomic mass is 10.1. The van der Waals surface area contributed by atoms with Crippen LogP contribution in [0.1, 0.15) is 24.2 Å². The van der Waals surface area contributed by atoms with E-state index in [1.54, 1.807) is 24.9 Å². The second-order valence-electron chi connectivity index (χ2n) is 4.58. The molecule has 0 bridgehead atoms. The zero-order valence-electron chi connectivity index (χ0n) is 10.2. The van der Waals surface area contributed by atoms with Crippen LogP contribution in [0, 0.1) is 5.92 Å². The molecule has 4 heteroatoms. The van der Waals surface area contributed by atoms with Crippen LogP contribution in [0.25, 0.3) is 0 Å². The molecule has 1 heterocycles. The van der Waals surface area contributed by atoms with E-state index >= 15 is 0 Å². The van der Waals surface area contributed by atoms with Crippen molar-refractivity contribution in [2.24, 2.45) is 5.92 Å². The molecule has 17 heavy (non-hydrogen) atoms. The largest absolute Gasteiger partial charge is 0.308 e. The number of likely N-dealkylation sites (N-methyl/N-ethyl adjacent to an activating group) is 1. The van der Waals surface area contributed by atoms with Crippen LogP contribution in [0.2, 0.25) is 0 Å². The topological polar surface area (TPSA) is 37.4 Å². The molecule has 1 aliphatic heterocycles. The number of rotatable bonds is 3. The molecule has 0 fully saturated rings. The van der Waals surface area contributed by atoms with Gasteiger partial charge in [-0.3, -0.25) is 9.59 Å². The monoisotopic (exact) mass is 249 g/mol. The molecule has 1 aliphatic rings. The lowest BCUT2D eigenvalue weighted by molar-refractivity contribution is -0.114. The van der Waals surface area contributed by atoms with Gasteiger partial charge >= 0.3 is 0 Å². The second kappa shape index (κ2) is 4.53. The van der Waals surface area contributed by atoms with E-state index in [0.717, 1.165) is 16.3 Å². The lowest BCUT2D eigenvalue weighted by Gasteiger charge is -2.10. The number of fused-ring (bicyclic) bond motifs is 1. The van der Waals surface area contributed by atoms with Gasteiger partial charge in [0.05, 0.1) is 11.3 Å². The summed E-state index contributed by atoms with van der Waals surface area (Å²) in [6.45, 7) is 4.33. The molecular weight excluding hydrogens is 234 g/mol. The maximum absolute atomic E-state index is 11.6. The molecule has 0 saturated heterocycles. The number of thioether (sulfide) groups is 1. The van der Waals surface area contributed by atoms with Gasteiger partial charge in [-0.25, -0.2) is 0 Å². The Labute approximate surface area is 105 Å². The van der Waals surface area contributed by atoms with E-state index in [4.69, 9.17) is 0 Å². The summed E-state index contributed by atoms with van der Waals surface area (Å²) in [6, 6.07) is 5.59. The van der Waals surface area contributed by atoms with Gasteiger partial charge in [-0.05, 0) is 24.1 Å². The summed E-state index contributed by atoms with van der Waals surface area (Å²) >= 11 is 1.75. The third-order valence-corrected chi connectivity index (χ3v) is 4.08. The van der Waals surface area contributed by atoms with Crippen molar-refractivity contribution >= 4 is 29.1 Å². The molecule has 3 nitrogen and oxygen atoms in total. The smallest absolute Gasteiger partial charge is 0.299 e. The highest BCUT2D eigenvalue weighted by atomic mass is 32.2. The summed E-state index contributed by atoms with van der Waals surface area (Å²) in [5, 5.41) is 0. The summed E-state index contributed by atoms with van der Waals surface area (Å²) in [5.74, 6) is 0.813. The van der Waals surface area contributed by atoms with Crippen LogP contribution in [-0.2, 0) is 4.79 Å². The first-order valence-electron chi connectivity index (χ1n) is 5.60. The Kier molecular flexibility index (Phi) is 3.24. The van der Waals surface area contributed by atoms with Gasteiger partial charge in [0, 0.05) is 17.7 Å². The number of carbonyl (C=O) groups excluding carboxylic acids is 2. The summed E-state index contributed by atoms with van der Waals surface area (Å²) in [7, 11) is 1.64. The van der Waals surface area contributed by atoms with Crippen LogP contribution < -0.4 is 4.90 Å². The number of amides is 1. The standard InChI is InChI=1S/C13H15NO2S/c1-8(2)7-17-9-4-5-10-11(6-9)14(3)13(16)12(10)15/h4-6,8H,7H2,1-3H3. The van der Waals surface area contributed by atoms with Crippen LogP contribution in [0.4, 0.5) is 5.69 Å². The van der Waals surface area contributed by atoms with E-state index in [0.29, 0.717) is 11.5 Å². The van der Waals surface area contributed by atoms with Crippen LogP contribution in [0.3, 0.4) is 0 Å². The predicted molar refractivity (Wildman–Crippen MR) is 69.7 cm³/mol. The van der Waals surface area contributed by atoms with Crippen molar-refractivity contribution in [3.05, 3.63) is 23.8 Å². The normalized spacial score (nSPS) is 14.7. The Morgan fingerprint density at radius 2 is 2.00 bits per heavy atom. The SMILES string of the molecule is CC(C)CSc1ccc2c(c1)N(C)C(=O)C2=O. The highest BCUT2D eigenvalue weighted by Gasteiger charge is 2.33. The number of ketones is 1. The van der Waals surface area contributed by atoms with Crippen molar-refractivity contribution in [2.45, 2.75) is 18.7 Å². The average molecular weight is 249 g/mol. The van der Waals surface area contributed by atoms with Crippen LogP contribution in [0.15, 0.2) is 23.1 Å². The number of hydrogen-bond donors (Lipinski definition) is 0. The van der Waals surface area contributed by atoms with Crippen molar-refractivity contribution in [1.82, 2.24) is 0 Å². The zero-order chi connectivity index (χ0) is 12.6. The highest BCUT2D eigenvalue weighted by Crippen LogP contribution is 2.32. The molecular formula is C13H15NO2S. The summed E-state index contributed by atoms with van der Waals surface area (Å²) in [6.07, 6.45) is 0. The molecule has 0 unspecified atom stereocenters. The predicted octanol–water partition coefficient (Wildman–Crippen LogP) is 2.59. The lowest BCUT2D eigenvalue weighted by Crippen LogP contribution is -2.24. The van der Waals surface area contributed by atoms with Crippen molar-refractivity contribution in [1.29, 1.82) is 0 Å². The minimum Gasteiger partial charge on any atom is -0.308 e. The van der Waals surface area contributed by atoms with E-state index in [9.17, 15) is 9.59 Å². The van der Waals surface area contributed by atoms with E-state index < -0.39 is 11.7 Å². The second-order valence-corrected chi connectivity index (χ2v) is 5.67. The van der Waals surface area contributed by atoms with Crippen molar-refractivity contribution in [3.63, 3.8) is 0 Å². The van der Waals surface area contributed by atoms with Crippen LogP contribution in [-0.4, -0.2) is 24.5 Å². The minimum atomic E-state index is -0.439. The first kappa shape index (κ1) is 12.2. The molecule has 0 saturated carbocycles. The van der Waals surface area contributed by atoms with Gasteiger partial charge in [-0.2, -0.15) is 0 Å². The third kappa shape index (κ3) is 2.22. The van der Waals surface area contributed by atoms with Crippen LogP contribution >= 0.6 is 11.8 Å². The zero-order valence-corrected chi connectivity index (χ0v) is 11.0. The Morgan fingerprint density at radius 1 is 1.29 bits per heavy atom. The van der Waals surface area contributed by atoms with Gasteiger partial charge in [0.2, 0.25) is 0 Å². The van der Waals surface area contributed by atoms with Gasteiger partial charge in [0.25, 0.3) is 11.7 Å². The first-order chi connectivity index (χ1) is 8.00. The van der Waals surface area contributed by atoms with Gasteiger partial charge < -0.3 is 4.90 Å². The van der Waals surface area contributed by atoms with Gasteiger partial charge in [-0.1, -0.05) is 13.8 Å². The van der Waals surface area contributed by atoms with E-state index in [1.165, 1.54) is 4.90 Å². The quantitative estimate of drug-likeness (QED) is 0.610. The third-order valence-electron chi connectivity index (χ3n) is 2.66. The molecule has 0 atom stereocenters. The molecule has 1 aromatic rings. The molecule has 1 aromatic carbocycles. The number of hydrogen-bond acceptors (Lipinski definition) is 3. The minimum absolute atomic E-state index is 0.400. The van der Waals surface area contributed by atoms with Gasteiger partial charge in [0.15, 0.2) is 0 Å². The molecule has 2 rings (SSSR count). The fourth-order valence-corrected chi connectivity index (χ4v) is 2.60.